The average molecular weight is 274 g/mol. The van der Waals surface area contributed by atoms with E-state index in [1.807, 2.05) is 30.3 Å². The van der Waals surface area contributed by atoms with Crippen LogP contribution >= 0.6 is 12.2 Å². The van der Waals surface area contributed by atoms with E-state index in [4.69, 9.17) is 22.7 Å². The first-order chi connectivity index (χ1) is 9.25. The van der Waals surface area contributed by atoms with Crippen molar-refractivity contribution in [2.75, 3.05) is 18.5 Å². The SMILES string of the molecule is NC(=S)c1cnc(NCCOc2ccccc2)cn1. The molecule has 0 aliphatic carbocycles. The highest BCUT2D eigenvalue weighted by Crippen LogP contribution is 2.07. The van der Waals surface area contributed by atoms with Crippen molar-refractivity contribution in [2.24, 2.45) is 5.73 Å². The van der Waals surface area contributed by atoms with Gasteiger partial charge >= 0.3 is 0 Å². The highest BCUT2D eigenvalue weighted by Gasteiger charge is 1.99. The molecule has 0 atom stereocenters. The summed E-state index contributed by atoms with van der Waals surface area (Å²) in [5.41, 5.74) is 5.95. The Morgan fingerprint density at radius 3 is 2.63 bits per heavy atom. The van der Waals surface area contributed by atoms with Gasteiger partial charge in [0, 0.05) is 0 Å². The van der Waals surface area contributed by atoms with Crippen molar-refractivity contribution >= 4 is 23.0 Å². The van der Waals surface area contributed by atoms with E-state index in [9.17, 15) is 0 Å². The van der Waals surface area contributed by atoms with Crippen LogP contribution in [-0.4, -0.2) is 28.1 Å². The summed E-state index contributed by atoms with van der Waals surface area (Å²) < 4.78 is 5.54. The van der Waals surface area contributed by atoms with Gasteiger partial charge in [-0.2, -0.15) is 0 Å². The quantitative estimate of drug-likeness (QED) is 0.616. The molecule has 98 valence electrons. The zero-order valence-corrected chi connectivity index (χ0v) is 11.1. The first-order valence-electron chi connectivity index (χ1n) is 5.79. The van der Waals surface area contributed by atoms with E-state index in [0.29, 0.717) is 24.7 Å². The minimum atomic E-state index is 0.242. The van der Waals surface area contributed by atoms with Gasteiger partial charge in [0.2, 0.25) is 0 Å². The van der Waals surface area contributed by atoms with Crippen LogP contribution in [0.15, 0.2) is 42.7 Å². The number of benzene rings is 1. The summed E-state index contributed by atoms with van der Waals surface area (Å²) in [7, 11) is 0. The molecule has 1 heterocycles. The van der Waals surface area contributed by atoms with E-state index in [0.717, 1.165) is 5.75 Å². The Hall–Kier alpha value is -2.21. The largest absolute Gasteiger partial charge is 0.492 e. The minimum absolute atomic E-state index is 0.242. The fourth-order valence-corrected chi connectivity index (χ4v) is 1.52. The van der Waals surface area contributed by atoms with E-state index in [-0.39, 0.29) is 4.99 Å². The number of nitrogens with two attached hydrogens (primary N) is 1. The first kappa shape index (κ1) is 13.2. The molecule has 0 saturated carbocycles. The van der Waals surface area contributed by atoms with Gasteiger partial charge in [0.15, 0.2) is 0 Å². The minimum Gasteiger partial charge on any atom is -0.492 e. The number of hydrogen-bond donors (Lipinski definition) is 2. The normalized spacial score (nSPS) is 9.89. The Morgan fingerprint density at radius 1 is 1.21 bits per heavy atom. The van der Waals surface area contributed by atoms with Gasteiger partial charge in [0.05, 0.1) is 18.9 Å². The molecule has 2 rings (SSSR count). The number of thiocarbonyl (C=S) groups is 1. The van der Waals surface area contributed by atoms with Crippen LogP contribution in [-0.2, 0) is 0 Å². The maximum absolute atomic E-state index is 5.54. The van der Waals surface area contributed by atoms with Crippen LogP contribution in [0.4, 0.5) is 5.82 Å². The van der Waals surface area contributed by atoms with E-state index in [1.54, 1.807) is 12.4 Å². The number of aromatic nitrogens is 2. The summed E-state index contributed by atoms with van der Waals surface area (Å²) in [6.45, 7) is 1.18. The van der Waals surface area contributed by atoms with Crippen LogP contribution < -0.4 is 15.8 Å². The predicted molar refractivity (Wildman–Crippen MR) is 78.3 cm³/mol. The summed E-state index contributed by atoms with van der Waals surface area (Å²) in [6, 6.07) is 9.64. The predicted octanol–water partition coefficient (Wildman–Crippen LogP) is 1.60. The molecule has 1 aromatic carbocycles. The number of nitrogens with one attached hydrogen (secondary N) is 1. The molecule has 0 amide bonds. The van der Waals surface area contributed by atoms with Crippen LogP contribution in [0.5, 0.6) is 5.75 Å². The van der Waals surface area contributed by atoms with Gasteiger partial charge in [-0.05, 0) is 12.1 Å². The fourth-order valence-electron chi connectivity index (χ4n) is 1.41. The lowest BCUT2D eigenvalue weighted by molar-refractivity contribution is 0.333. The third kappa shape index (κ3) is 4.18. The maximum atomic E-state index is 5.54. The summed E-state index contributed by atoms with van der Waals surface area (Å²) in [6.07, 6.45) is 3.14. The Kier molecular flexibility index (Phi) is 4.63. The molecule has 1 aromatic heterocycles. The second-order valence-electron chi connectivity index (χ2n) is 3.74. The van der Waals surface area contributed by atoms with Crippen molar-refractivity contribution in [1.82, 2.24) is 9.97 Å². The monoisotopic (exact) mass is 274 g/mol. The molecular weight excluding hydrogens is 260 g/mol. The molecule has 0 radical (unpaired) electrons. The Labute approximate surface area is 116 Å². The second kappa shape index (κ2) is 6.65. The van der Waals surface area contributed by atoms with Gasteiger partial charge in [-0.3, -0.25) is 0 Å². The van der Waals surface area contributed by atoms with Gasteiger partial charge in [-0.25, -0.2) is 9.97 Å². The van der Waals surface area contributed by atoms with Crippen molar-refractivity contribution in [3.63, 3.8) is 0 Å². The van der Waals surface area contributed by atoms with Crippen molar-refractivity contribution in [1.29, 1.82) is 0 Å². The number of hydrogen-bond acceptors (Lipinski definition) is 5. The molecular formula is C13H14N4OS. The topological polar surface area (TPSA) is 73.1 Å². The molecule has 0 aliphatic rings. The maximum Gasteiger partial charge on any atom is 0.144 e. The molecule has 0 fully saturated rings. The number of para-hydroxylation sites is 1. The van der Waals surface area contributed by atoms with E-state index in [1.165, 1.54) is 0 Å². The summed E-state index contributed by atoms with van der Waals surface area (Å²) in [4.78, 5) is 8.47. The molecule has 19 heavy (non-hydrogen) atoms. The first-order valence-corrected chi connectivity index (χ1v) is 6.20. The molecule has 2 aromatic rings. The molecule has 3 N–H and O–H groups in total. The lowest BCUT2D eigenvalue weighted by Gasteiger charge is -2.07. The Balaban J connectivity index is 1.75. The lowest BCUT2D eigenvalue weighted by atomic mass is 10.3. The van der Waals surface area contributed by atoms with E-state index >= 15 is 0 Å². The van der Waals surface area contributed by atoms with Gasteiger partial charge < -0.3 is 15.8 Å². The van der Waals surface area contributed by atoms with Crippen LogP contribution in [0.25, 0.3) is 0 Å². The van der Waals surface area contributed by atoms with Gasteiger partial charge in [-0.1, -0.05) is 30.4 Å². The molecule has 6 heteroatoms. The molecule has 0 unspecified atom stereocenters. The van der Waals surface area contributed by atoms with Gasteiger partial charge in [0.1, 0.15) is 28.9 Å². The van der Waals surface area contributed by atoms with E-state index < -0.39 is 0 Å². The van der Waals surface area contributed by atoms with E-state index in [2.05, 4.69) is 15.3 Å². The second-order valence-corrected chi connectivity index (χ2v) is 4.18. The van der Waals surface area contributed by atoms with Crippen LogP contribution in [0.1, 0.15) is 5.69 Å². The third-order valence-electron chi connectivity index (χ3n) is 2.32. The summed E-state index contributed by atoms with van der Waals surface area (Å²) in [5.74, 6) is 1.51. The number of rotatable bonds is 6. The Bertz CT molecular complexity index is 530. The van der Waals surface area contributed by atoms with Gasteiger partial charge in [-0.15, -0.1) is 0 Å². The highest BCUT2D eigenvalue weighted by molar-refractivity contribution is 7.80. The van der Waals surface area contributed by atoms with Crippen molar-refractivity contribution in [3.8, 4) is 5.75 Å². The zero-order valence-electron chi connectivity index (χ0n) is 10.2. The van der Waals surface area contributed by atoms with Crippen LogP contribution in [0, 0.1) is 0 Å². The van der Waals surface area contributed by atoms with Crippen molar-refractivity contribution in [2.45, 2.75) is 0 Å². The molecule has 0 bridgehead atoms. The highest BCUT2D eigenvalue weighted by atomic mass is 32.1. The molecule has 0 spiro atoms. The average Bonchev–Trinajstić information content (AvgIpc) is 2.45. The van der Waals surface area contributed by atoms with Crippen LogP contribution in [0.2, 0.25) is 0 Å². The van der Waals surface area contributed by atoms with Crippen LogP contribution in [0.3, 0.4) is 0 Å². The fraction of sp³-hybridized carbons (Fsp3) is 0.154. The smallest absolute Gasteiger partial charge is 0.144 e. The lowest BCUT2D eigenvalue weighted by Crippen LogP contribution is -2.15. The van der Waals surface area contributed by atoms with Gasteiger partial charge in [0.25, 0.3) is 0 Å². The third-order valence-corrected chi connectivity index (χ3v) is 2.53. The molecule has 0 saturated heterocycles. The molecule has 5 nitrogen and oxygen atoms in total. The number of nitrogens with zero attached hydrogens (tertiary/aromatic N) is 2. The zero-order chi connectivity index (χ0) is 13.5. The van der Waals surface area contributed by atoms with Crippen molar-refractivity contribution < 1.29 is 4.74 Å². The summed E-state index contributed by atoms with van der Waals surface area (Å²) >= 11 is 4.80. The number of ether oxygens (including phenoxy) is 1. The number of anilines is 1. The van der Waals surface area contributed by atoms with Crippen molar-refractivity contribution in [3.05, 3.63) is 48.4 Å². The standard InChI is InChI=1S/C13H14N4OS/c14-13(19)11-8-17-12(9-16-11)15-6-7-18-10-4-2-1-3-5-10/h1-5,8-9H,6-7H2,(H2,14,19)(H,15,17). The Morgan fingerprint density at radius 2 is 2.00 bits per heavy atom. The molecule has 0 aliphatic heterocycles. The summed E-state index contributed by atoms with van der Waals surface area (Å²) in [5, 5.41) is 3.10.